The van der Waals surface area contributed by atoms with E-state index in [4.69, 9.17) is 0 Å². The Balaban J connectivity index is 2.70. The normalized spacial score (nSPS) is 22.3. The summed E-state index contributed by atoms with van der Waals surface area (Å²) in [4.78, 5) is 13.7. The number of sulfonamides is 1. The Kier molecular flexibility index (Phi) is 4.65. The Labute approximate surface area is 96.6 Å². The van der Waals surface area contributed by atoms with Crippen LogP contribution in [0.4, 0.5) is 0 Å². The van der Waals surface area contributed by atoms with Gasteiger partial charge in [0.25, 0.3) is 0 Å². The summed E-state index contributed by atoms with van der Waals surface area (Å²) in [5, 5.41) is 0. The highest BCUT2D eigenvalue weighted by Crippen LogP contribution is 2.22. The molecule has 1 rings (SSSR count). The highest BCUT2D eigenvalue weighted by Gasteiger charge is 2.33. The molecule has 0 saturated carbocycles. The molecule has 0 aliphatic carbocycles. The summed E-state index contributed by atoms with van der Waals surface area (Å²) in [6.45, 7) is 4.44. The monoisotopic (exact) mass is 246 g/mol. The van der Waals surface area contributed by atoms with Crippen molar-refractivity contribution >= 4 is 16.1 Å². The summed E-state index contributed by atoms with van der Waals surface area (Å²) in [5.74, 6) is 0.487. The van der Waals surface area contributed by atoms with Crippen molar-refractivity contribution in [3.63, 3.8) is 0 Å². The van der Waals surface area contributed by atoms with Gasteiger partial charge in [0.2, 0.25) is 16.1 Å². The highest BCUT2D eigenvalue weighted by molar-refractivity contribution is 7.89. The van der Waals surface area contributed by atoms with Gasteiger partial charge in [0.15, 0.2) is 0 Å². The zero-order valence-electron chi connectivity index (χ0n) is 9.72. The molecule has 92 valence electrons. The van der Waals surface area contributed by atoms with Crippen LogP contribution in [0.1, 0.15) is 33.1 Å². The average Bonchev–Trinajstić information content (AvgIpc) is 2.64. The molecule has 0 aromatic rings. The molecule has 1 aliphatic heterocycles. The summed E-state index contributed by atoms with van der Waals surface area (Å²) >= 11 is 0. The van der Waals surface area contributed by atoms with Gasteiger partial charge in [-0.2, -0.15) is 9.30 Å². The third-order valence-electron chi connectivity index (χ3n) is 2.69. The van der Waals surface area contributed by atoms with Crippen LogP contribution < -0.4 is 0 Å². The van der Waals surface area contributed by atoms with E-state index in [-0.39, 0.29) is 5.75 Å². The molecule has 1 heterocycles. The van der Waals surface area contributed by atoms with Crippen molar-refractivity contribution in [2.24, 2.45) is 10.9 Å². The van der Waals surface area contributed by atoms with Crippen molar-refractivity contribution in [1.29, 1.82) is 0 Å². The number of aliphatic imine (C=N–C) groups is 1. The third kappa shape index (κ3) is 3.40. The molecule has 1 aliphatic rings. The van der Waals surface area contributed by atoms with Crippen LogP contribution in [0.2, 0.25) is 0 Å². The lowest BCUT2D eigenvalue weighted by Gasteiger charge is -2.20. The second-order valence-electron chi connectivity index (χ2n) is 4.45. The molecule has 0 aromatic carbocycles. The molecule has 0 bridgehead atoms. The molecule has 0 N–H and O–H groups in total. The lowest BCUT2D eigenvalue weighted by molar-refractivity contribution is 0.393. The quantitative estimate of drug-likeness (QED) is 0.539. The predicted molar refractivity (Wildman–Crippen MR) is 61.1 cm³/mol. The first kappa shape index (κ1) is 13.4. The Morgan fingerprint density at radius 3 is 2.75 bits per heavy atom. The van der Waals surface area contributed by atoms with Crippen molar-refractivity contribution in [2.45, 2.75) is 39.3 Å². The standard InChI is InChI=1S/C10H18N2O3S/c1-9(2)5-7-16(14,15)12-6-3-4-10(12)11-8-13/h9-10H,3-7H2,1-2H3. The highest BCUT2D eigenvalue weighted by atomic mass is 32.2. The maximum absolute atomic E-state index is 12.0. The van der Waals surface area contributed by atoms with Gasteiger partial charge in [-0.25, -0.2) is 13.2 Å². The number of rotatable bonds is 5. The first-order chi connectivity index (χ1) is 7.47. The SMILES string of the molecule is CC(C)CCS(=O)(=O)N1CCCC1N=C=O. The third-order valence-corrected chi connectivity index (χ3v) is 4.58. The first-order valence-corrected chi connectivity index (χ1v) is 7.15. The molecule has 6 heteroatoms. The van der Waals surface area contributed by atoms with Gasteiger partial charge >= 0.3 is 0 Å². The fourth-order valence-corrected chi connectivity index (χ4v) is 3.67. The average molecular weight is 246 g/mol. The largest absolute Gasteiger partial charge is 0.236 e. The second kappa shape index (κ2) is 5.57. The Morgan fingerprint density at radius 2 is 2.19 bits per heavy atom. The zero-order valence-corrected chi connectivity index (χ0v) is 10.5. The Morgan fingerprint density at radius 1 is 1.50 bits per heavy atom. The van der Waals surface area contributed by atoms with Gasteiger partial charge in [0, 0.05) is 6.54 Å². The van der Waals surface area contributed by atoms with E-state index in [1.165, 1.54) is 10.4 Å². The molecule has 16 heavy (non-hydrogen) atoms. The van der Waals surface area contributed by atoms with Gasteiger partial charge in [-0.1, -0.05) is 13.8 Å². The minimum atomic E-state index is -3.27. The number of hydrogen-bond donors (Lipinski definition) is 0. The number of nitrogens with zero attached hydrogens (tertiary/aromatic N) is 2. The molecule has 0 aromatic heterocycles. The molecule has 1 fully saturated rings. The molecular weight excluding hydrogens is 228 g/mol. The van der Waals surface area contributed by atoms with Gasteiger partial charge in [-0.3, -0.25) is 0 Å². The number of isocyanates is 1. The van der Waals surface area contributed by atoms with Gasteiger partial charge < -0.3 is 0 Å². The maximum atomic E-state index is 12.0. The lowest BCUT2D eigenvalue weighted by atomic mass is 10.2. The van der Waals surface area contributed by atoms with E-state index in [0.29, 0.717) is 25.3 Å². The Bertz CT molecular complexity index is 372. The molecule has 0 spiro atoms. The van der Waals surface area contributed by atoms with Crippen LogP contribution in [-0.4, -0.2) is 37.3 Å². The van der Waals surface area contributed by atoms with Crippen LogP contribution in [0.15, 0.2) is 4.99 Å². The number of hydrogen-bond acceptors (Lipinski definition) is 4. The van der Waals surface area contributed by atoms with Gasteiger partial charge in [0.05, 0.1) is 5.75 Å². The van der Waals surface area contributed by atoms with E-state index >= 15 is 0 Å². The van der Waals surface area contributed by atoms with E-state index < -0.39 is 16.2 Å². The van der Waals surface area contributed by atoms with E-state index in [2.05, 4.69) is 4.99 Å². The maximum Gasteiger partial charge on any atom is 0.236 e. The first-order valence-electron chi connectivity index (χ1n) is 5.54. The van der Waals surface area contributed by atoms with Gasteiger partial charge in [-0.15, -0.1) is 0 Å². The smallest absolute Gasteiger partial charge is 0.212 e. The second-order valence-corrected chi connectivity index (χ2v) is 6.49. The van der Waals surface area contributed by atoms with E-state index in [1.54, 1.807) is 0 Å². The summed E-state index contributed by atoms with van der Waals surface area (Å²) in [7, 11) is -3.27. The molecule has 5 nitrogen and oxygen atoms in total. The fourth-order valence-electron chi connectivity index (χ4n) is 1.74. The van der Waals surface area contributed by atoms with Crippen LogP contribution >= 0.6 is 0 Å². The van der Waals surface area contributed by atoms with Crippen molar-refractivity contribution in [1.82, 2.24) is 4.31 Å². The van der Waals surface area contributed by atoms with Crippen LogP contribution in [0.25, 0.3) is 0 Å². The topological polar surface area (TPSA) is 66.8 Å². The van der Waals surface area contributed by atoms with Crippen molar-refractivity contribution in [3.05, 3.63) is 0 Å². The van der Waals surface area contributed by atoms with Crippen LogP contribution in [0.3, 0.4) is 0 Å². The summed E-state index contributed by atoms with van der Waals surface area (Å²) in [6.07, 6.45) is 2.94. The fraction of sp³-hybridized carbons (Fsp3) is 0.900. The van der Waals surface area contributed by atoms with Crippen LogP contribution in [0, 0.1) is 5.92 Å². The van der Waals surface area contributed by atoms with Gasteiger partial charge in [0.1, 0.15) is 6.17 Å². The molecular formula is C10H18N2O3S. The summed E-state index contributed by atoms with van der Waals surface area (Å²) in [5.41, 5.74) is 0. The van der Waals surface area contributed by atoms with E-state index in [9.17, 15) is 13.2 Å². The summed E-state index contributed by atoms with van der Waals surface area (Å²) in [6, 6.07) is 0. The Hall–Kier alpha value is -0.710. The summed E-state index contributed by atoms with van der Waals surface area (Å²) < 4.78 is 25.3. The lowest BCUT2D eigenvalue weighted by Crippen LogP contribution is -2.36. The zero-order chi connectivity index (χ0) is 12.2. The molecule has 1 unspecified atom stereocenters. The van der Waals surface area contributed by atoms with E-state index in [0.717, 1.165) is 6.42 Å². The van der Waals surface area contributed by atoms with Crippen molar-refractivity contribution < 1.29 is 13.2 Å². The number of carbonyl (C=O) groups excluding carboxylic acids is 1. The van der Waals surface area contributed by atoms with Crippen molar-refractivity contribution in [3.8, 4) is 0 Å². The van der Waals surface area contributed by atoms with E-state index in [1.807, 2.05) is 13.8 Å². The van der Waals surface area contributed by atoms with Crippen LogP contribution in [-0.2, 0) is 14.8 Å². The molecule has 0 radical (unpaired) electrons. The minimum Gasteiger partial charge on any atom is -0.212 e. The van der Waals surface area contributed by atoms with Crippen LogP contribution in [0.5, 0.6) is 0 Å². The van der Waals surface area contributed by atoms with Crippen molar-refractivity contribution in [2.75, 3.05) is 12.3 Å². The minimum absolute atomic E-state index is 0.134. The predicted octanol–water partition coefficient (Wildman–Crippen LogP) is 1.12. The van der Waals surface area contributed by atoms with Gasteiger partial charge in [-0.05, 0) is 25.2 Å². The molecule has 1 saturated heterocycles. The molecule has 0 amide bonds. The molecule has 1 atom stereocenters.